The summed E-state index contributed by atoms with van der Waals surface area (Å²) in [6, 6.07) is 11.4. The summed E-state index contributed by atoms with van der Waals surface area (Å²) in [5.74, 6) is 0. The van der Waals surface area contributed by atoms with Crippen molar-refractivity contribution >= 4 is 5.69 Å². The van der Waals surface area contributed by atoms with Crippen LogP contribution >= 0.6 is 0 Å². The molecule has 1 unspecified atom stereocenters. The number of rotatable bonds is 4. The van der Waals surface area contributed by atoms with E-state index in [2.05, 4.69) is 52.7 Å². The summed E-state index contributed by atoms with van der Waals surface area (Å²) < 4.78 is 1.97. The number of nitrogens with zero attached hydrogens (tertiary/aromatic N) is 3. The van der Waals surface area contributed by atoms with E-state index in [1.807, 2.05) is 17.9 Å². The number of benzene rings is 1. The summed E-state index contributed by atoms with van der Waals surface area (Å²) in [6.07, 6.45) is 5.35. The second-order valence-electron chi connectivity index (χ2n) is 5.73. The van der Waals surface area contributed by atoms with Crippen LogP contribution in [0.1, 0.15) is 30.1 Å². The highest BCUT2D eigenvalue weighted by Crippen LogP contribution is 2.32. The average Bonchev–Trinajstić information content (AvgIpc) is 2.83. The third-order valence-corrected chi connectivity index (χ3v) is 4.48. The molecule has 0 aliphatic carbocycles. The fourth-order valence-corrected chi connectivity index (χ4v) is 3.26. The lowest BCUT2D eigenvalue weighted by atomic mass is 10.0. The molecule has 112 valence electrons. The van der Waals surface area contributed by atoms with Crippen molar-refractivity contribution in [2.24, 2.45) is 7.05 Å². The van der Waals surface area contributed by atoms with Gasteiger partial charge in [0, 0.05) is 50.2 Å². The minimum atomic E-state index is 0.475. The quantitative estimate of drug-likeness (QED) is 0.936. The first-order chi connectivity index (χ1) is 10.3. The van der Waals surface area contributed by atoms with Crippen LogP contribution in [-0.4, -0.2) is 29.9 Å². The van der Waals surface area contributed by atoms with E-state index in [0.29, 0.717) is 6.04 Å². The molecule has 0 spiro atoms. The van der Waals surface area contributed by atoms with Crippen LogP contribution in [0, 0.1) is 0 Å². The number of hydrogen-bond acceptors (Lipinski definition) is 3. The van der Waals surface area contributed by atoms with Gasteiger partial charge in [0.15, 0.2) is 0 Å². The summed E-state index contributed by atoms with van der Waals surface area (Å²) >= 11 is 0. The van der Waals surface area contributed by atoms with Crippen molar-refractivity contribution in [3.8, 4) is 0 Å². The number of aryl methyl sites for hydroxylation is 1. The van der Waals surface area contributed by atoms with Crippen LogP contribution in [0.5, 0.6) is 0 Å². The van der Waals surface area contributed by atoms with Crippen molar-refractivity contribution in [1.82, 2.24) is 15.1 Å². The SMILES string of the molecule is CNC1CCCN(CCc2ccnn2C)c2ccccc21. The molecule has 2 aromatic rings. The third kappa shape index (κ3) is 2.95. The van der Waals surface area contributed by atoms with Crippen molar-refractivity contribution in [3.63, 3.8) is 0 Å². The molecule has 0 saturated carbocycles. The van der Waals surface area contributed by atoms with Crippen LogP contribution in [0.15, 0.2) is 36.5 Å². The van der Waals surface area contributed by atoms with Crippen molar-refractivity contribution in [3.05, 3.63) is 47.8 Å². The molecule has 0 bridgehead atoms. The number of anilines is 1. The molecular weight excluding hydrogens is 260 g/mol. The zero-order valence-electron chi connectivity index (χ0n) is 12.9. The highest BCUT2D eigenvalue weighted by atomic mass is 15.3. The van der Waals surface area contributed by atoms with Crippen molar-refractivity contribution < 1.29 is 0 Å². The van der Waals surface area contributed by atoms with Crippen molar-refractivity contribution in [2.45, 2.75) is 25.3 Å². The lowest BCUT2D eigenvalue weighted by Crippen LogP contribution is -2.27. The van der Waals surface area contributed by atoms with E-state index in [1.54, 1.807) is 0 Å². The first-order valence-electron chi connectivity index (χ1n) is 7.77. The molecule has 2 heterocycles. The van der Waals surface area contributed by atoms with Gasteiger partial charge in [-0.15, -0.1) is 0 Å². The third-order valence-electron chi connectivity index (χ3n) is 4.48. The molecule has 1 aromatic heterocycles. The first kappa shape index (κ1) is 14.1. The standard InChI is InChI=1S/C17H24N4/c1-18-16-7-5-12-21(17-8-4-3-6-15(16)17)13-10-14-9-11-19-20(14)2/h3-4,6,8-9,11,16,18H,5,7,10,12-13H2,1-2H3. The average molecular weight is 284 g/mol. The molecule has 1 N–H and O–H groups in total. The van der Waals surface area contributed by atoms with Crippen LogP contribution in [0.4, 0.5) is 5.69 Å². The Bertz CT molecular complexity index is 590. The van der Waals surface area contributed by atoms with Gasteiger partial charge in [-0.25, -0.2) is 0 Å². The topological polar surface area (TPSA) is 33.1 Å². The Kier molecular flexibility index (Phi) is 4.25. The minimum Gasteiger partial charge on any atom is -0.371 e. The molecule has 1 aliphatic rings. The molecule has 0 fully saturated rings. The Labute approximate surface area is 126 Å². The van der Waals surface area contributed by atoms with Gasteiger partial charge in [-0.3, -0.25) is 4.68 Å². The summed E-state index contributed by atoms with van der Waals surface area (Å²) in [7, 11) is 4.08. The summed E-state index contributed by atoms with van der Waals surface area (Å²) in [6.45, 7) is 2.18. The Balaban J connectivity index is 1.80. The van der Waals surface area contributed by atoms with Crippen molar-refractivity contribution in [1.29, 1.82) is 0 Å². The molecule has 21 heavy (non-hydrogen) atoms. The number of aromatic nitrogens is 2. The van der Waals surface area contributed by atoms with Gasteiger partial charge in [0.2, 0.25) is 0 Å². The van der Waals surface area contributed by atoms with E-state index < -0.39 is 0 Å². The highest BCUT2D eigenvalue weighted by molar-refractivity contribution is 5.56. The Morgan fingerprint density at radius 3 is 2.90 bits per heavy atom. The van der Waals surface area contributed by atoms with E-state index >= 15 is 0 Å². The Morgan fingerprint density at radius 2 is 2.14 bits per heavy atom. The molecule has 3 rings (SSSR count). The van der Waals surface area contributed by atoms with Crippen LogP contribution in [0.3, 0.4) is 0 Å². The molecule has 0 amide bonds. The maximum absolute atomic E-state index is 4.26. The number of para-hydroxylation sites is 1. The Morgan fingerprint density at radius 1 is 1.29 bits per heavy atom. The molecule has 0 saturated heterocycles. The zero-order valence-corrected chi connectivity index (χ0v) is 12.9. The Hall–Kier alpha value is -1.81. The highest BCUT2D eigenvalue weighted by Gasteiger charge is 2.21. The molecule has 0 radical (unpaired) electrons. The van der Waals surface area contributed by atoms with E-state index in [9.17, 15) is 0 Å². The maximum atomic E-state index is 4.26. The number of fused-ring (bicyclic) bond motifs is 1. The van der Waals surface area contributed by atoms with Gasteiger partial charge in [0.05, 0.1) is 0 Å². The van der Waals surface area contributed by atoms with Gasteiger partial charge < -0.3 is 10.2 Å². The first-order valence-corrected chi connectivity index (χ1v) is 7.77. The van der Waals surface area contributed by atoms with Crippen LogP contribution in [-0.2, 0) is 13.5 Å². The monoisotopic (exact) mass is 284 g/mol. The molecule has 4 heteroatoms. The molecule has 1 atom stereocenters. The second kappa shape index (κ2) is 6.31. The second-order valence-corrected chi connectivity index (χ2v) is 5.73. The predicted molar refractivity (Wildman–Crippen MR) is 86.6 cm³/mol. The summed E-state index contributed by atoms with van der Waals surface area (Å²) in [5, 5.41) is 7.72. The van der Waals surface area contributed by atoms with Gasteiger partial charge in [0.25, 0.3) is 0 Å². The minimum absolute atomic E-state index is 0.475. The van der Waals surface area contributed by atoms with Gasteiger partial charge in [-0.05, 0) is 37.6 Å². The molecule has 4 nitrogen and oxygen atoms in total. The predicted octanol–water partition coefficient (Wildman–Crippen LogP) is 2.52. The lowest BCUT2D eigenvalue weighted by Gasteiger charge is -2.25. The molecule has 1 aliphatic heterocycles. The summed E-state index contributed by atoms with van der Waals surface area (Å²) in [5.41, 5.74) is 4.11. The van der Waals surface area contributed by atoms with E-state index in [0.717, 1.165) is 19.5 Å². The van der Waals surface area contributed by atoms with Gasteiger partial charge in [-0.2, -0.15) is 5.10 Å². The fourth-order valence-electron chi connectivity index (χ4n) is 3.26. The van der Waals surface area contributed by atoms with Crippen LogP contribution in [0.2, 0.25) is 0 Å². The maximum Gasteiger partial charge on any atom is 0.0492 e. The molecule has 1 aromatic carbocycles. The zero-order chi connectivity index (χ0) is 14.7. The van der Waals surface area contributed by atoms with E-state index in [1.165, 1.54) is 29.8 Å². The van der Waals surface area contributed by atoms with E-state index in [4.69, 9.17) is 0 Å². The van der Waals surface area contributed by atoms with Crippen LogP contribution in [0.25, 0.3) is 0 Å². The number of hydrogen-bond donors (Lipinski definition) is 1. The summed E-state index contributed by atoms with van der Waals surface area (Å²) in [4.78, 5) is 2.53. The normalized spacial score (nSPS) is 18.4. The van der Waals surface area contributed by atoms with Gasteiger partial charge >= 0.3 is 0 Å². The number of nitrogens with one attached hydrogen (secondary N) is 1. The van der Waals surface area contributed by atoms with Crippen LogP contribution < -0.4 is 10.2 Å². The largest absolute Gasteiger partial charge is 0.371 e. The van der Waals surface area contributed by atoms with Crippen molar-refractivity contribution in [2.75, 3.05) is 25.0 Å². The fraction of sp³-hybridized carbons (Fsp3) is 0.471. The molecular formula is C17H24N4. The van der Waals surface area contributed by atoms with E-state index in [-0.39, 0.29) is 0 Å². The lowest BCUT2D eigenvalue weighted by molar-refractivity contribution is 0.541. The van der Waals surface area contributed by atoms with Gasteiger partial charge in [0.1, 0.15) is 0 Å². The smallest absolute Gasteiger partial charge is 0.0492 e. The van der Waals surface area contributed by atoms with Gasteiger partial charge in [-0.1, -0.05) is 18.2 Å².